The van der Waals surface area contributed by atoms with Gasteiger partial charge in [0.1, 0.15) is 0 Å². The van der Waals surface area contributed by atoms with Crippen LogP contribution in [0.5, 0.6) is 0 Å². The lowest BCUT2D eigenvalue weighted by molar-refractivity contribution is 1.16. The van der Waals surface area contributed by atoms with Crippen LogP contribution in [0.25, 0.3) is 10.1 Å². The van der Waals surface area contributed by atoms with Crippen LogP contribution in [0.15, 0.2) is 48.0 Å². The van der Waals surface area contributed by atoms with E-state index in [2.05, 4.69) is 39.9 Å². The molecule has 1 N–H and O–H groups in total. The Morgan fingerprint density at radius 3 is 2.94 bits per heavy atom. The Hall–Kier alpha value is -1.58. The van der Waals surface area contributed by atoms with Gasteiger partial charge in [-0.2, -0.15) is 0 Å². The van der Waals surface area contributed by atoms with E-state index >= 15 is 0 Å². The number of anilines is 1. The second kappa shape index (κ2) is 4.96. The van der Waals surface area contributed by atoms with Gasteiger partial charge in [0.25, 0.3) is 0 Å². The van der Waals surface area contributed by atoms with Crippen LogP contribution in [0.3, 0.4) is 0 Å². The van der Waals surface area contributed by atoms with Crippen LogP contribution in [0.4, 0.5) is 5.69 Å². The Balaban J connectivity index is 1.83. The number of fused-ring (bicyclic) bond motifs is 1. The molecule has 0 amide bonds. The van der Waals surface area contributed by atoms with Gasteiger partial charge in [0.05, 0.1) is 5.69 Å². The lowest BCUT2D eigenvalue weighted by Crippen LogP contribution is -1.99. The fourth-order valence-electron chi connectivity index (χ4n) is 1.88. The Morgan fingerprint density at radius 1 is 1.17 bits per heavy atom. The molecule has 2 nitrogen and oxygen atoms in total. The lowest BCUT2D eigenvalue weighted by Gasteiger charge is -2.06. The number of hydrogen-bond donors (Lipinski definition) is 1. The minimum absolute atomic E-state index is 0.511. The first-order valence-corrected chi connectivity index (χ1v) is 6.90. The van der Waals surface area contributed by atoms with Crippen LogP contribution in [-0.2, 0) is 6.54 Å². The molecule has 0 aliphatic heterocycles. The maximum atomic E-state index is 6.01. The van der Waals surface area contributed by atoms with Crippen LogP contribution in [-0.4, -0.2) is 4.98 Å². The van der Waals surface area contributed by atoms with Crippen molar-refractivity contribution < 1.29 is 0 Å². The highest BCUT2D eigenvalue weighted by atomic mass is 35.5. The summed E-state index contributed by atoms with van der Waals surface area (Å²) in [4.78, 5) is 4.05. The third-order valence-corrected chi connectivity index (χ3v) is 4.10. The molecule has 2 aromatic heterocycles. The van der Waals surface area contributed by atoms with Gasteiger partial charge in [-0.15, -0.1) is 11.3 Å². The predicted molar refractivity (Wildman–Crippen MR) is 78.4 cm³/mol. The van der Waals surface area contributed by atoms with Gasteiger partial charge < -0.3 is 5.32 Å². The van der Waals surface area contributed by atoms with E-state index in [1.54, 1.807) is 17.5 Å². The number of pyridine rings is 1. The molecule has 0 spiro atoms. The predicted octanol–water partition coefficient (Wildman–Crippen LogP) is 4.56. The van der Waals surface area contributed by atoms with Gasteiger partial charge in [0.2, 0.25) is 0 Å². The molecule has 18 heavy (non-hydrogen) atoms. The Labute approximate surface area is 114 Å². The SMILES string of the molecule is Clc1ncccc1NCc1csc2ccccc12. The van der Waals surface area contributed by atoms with Gasteiger partial charge in [0.15, 0.2) is 5.15 Å². The van der Waals surface area contributed by atoms with Crippen molar-refractivity contribution in [1.82, 2.24) is 4.98 Å². The van der Waals surface area contributed by atoms with Gasteiger partial charge in [0, 0.05) is 17.4 Å². The van der Waals surface area contributed by atoms with Crippen molar-refractivity contribution in [3.8, 4) is 0 Å². The molecule has 0 aliphatic carbocycles. The van der Waals surface area contributed by atoms with E-state index in [9.17, 15) is 0 Å². The molecular formula is C14H11ClN2S. The molecule has 0 atom stereocenters. The molecule has 0 unspecified atom stereocenters. The number of rotatable bonds is 3. The minimum atomic E-state index is 0.511. The second-order valence-electron chi connectivity index (χ2n) is 3.95. The highest BCUT2D eigenvalue weighted by Gasteiger charge is 2.04. The third kappa shape index (κ3) is 2.19. The number of thiophene rings is 1. The van der Waals surface area contributed by atoms with E-state index in [1.807, 2.05) is 12.1 Å². The maximum absolute atomic E-state index is 6.01. The molecule has 3 rings (SSSR count). The van der Waals surface area contributed by atoms with Gasteiger partial charge in [-0.05, 0) is 34.5 Å². The van der Waals surface area contributed by atoms with Gasteiger partial charge in [-0.1, -0.05) is 29.8 Å². The van der Waals surface area contributed by atoms with Crippen molar-refractivity contribution in [1.29, 1.82) is 0 Å². The van der Waals surface area contributed by atoms with Crippen molar-refractivity contribution in [2.24, 2.45) is 0 Å². The van der Waals surface area contributed by atoms with E-state index in [0.29, 0.717) is 5.15 Å². The minimum Gasteiger partial charge on any atom is -0.378 e. The zero-order valence-electron chi connectivity index (χ0n) is 9.56. The fraction of sp³-hybridized carbons (Fsp3) is 0.0714. The highest BCUT2D eigenvalue weighted by molar-refractivity contribution is 7.17. The van der Waals surface area contributed by atoms with Crippen molar-refractivity contribution in [2.45, 2.75) is 6.54 Å². The molecule has 0 saturated carbocycles. The number of hydrogen-bond acceptors (Lipinski definition) is 3. The number of aromatic nitrogens is 1. The smallest absolute Gasteiger partial charge is 0.152 e. The normalized spacial score (nSPS) is 10.7. The van der Waals surface area contributed by atoms with E-state index in [-0.39, 0.29) is 0 Å². The van der Waals surface area contributed by atoms with Crippen molar-refractivity contribution in [3.63, 3.8) is 0 Å². The van der Waals surface area contributed by atoms with E-state index in [4.69, 9.17) is 11.6 Å². The monoisotopic (exact) mass is 274 g/mol. The van der Waals surface area contributed by atoms with Crippen molar-refractivity contribution >= 4 is 38.7 Å². The van der Waals surface area contributed by atoms with Gasteiger partial charge in [-0.25, -0.2) is 4.98 Å². The molecule has 0 bridgehead atoms. The quantitative estimate of drug-likeness (QED) is 0.708. The number of halogens is 1. The summed E-state index contributed by atoms with van der Waals surface area (Å²) in [6, 6.07) is 12.2. The lowest BCUT2D eigenvalue weighted by atomic mass is 10.2. The van der Waals surface area contributed by atoms with Crippen LogP contribution >= 0.6 is 22.9 Å². The summed E-state index contributed by atoms with van der Waals surface area (Å²) >= 11 is 7.78. The summed E-state index contributed by atoms with van der Waals surface area (Å²) in [5.41, 5.74) is 2.16. The molecule has 0 saturated heterocycles. The largest absolute Gasteiger partial charge is 0.378 e. The third-order valence-electron chi connectivity index (χ3n) is 2.79. The molecule has 0 aliphatic rings. The fourth-order valence-corrected chi connectivity index (χ4v) is 3.03. The Bertz CT molecular complexity index is 678. The zero-order chi connectivity index (χ0) is 12.4. The first-order chi connectivity index (χ1) is 8.84. The van der Waals surface area contributed by atoms with Gasteiger partial charge in [-0.3, -0.25) is 0 Å². The molecule has 90 valence electrons. The number of nitrogens with one attached hydrogen (secondary N) is 1. The van der Waals surface area contributed by atoms with E-state index in [0.717, 1.165) is 12.2 Å². The van der Waals surface area contributed by atoms with Crippen LogP contribution in [0.1, 0.15) is 5.56 Å². The standard InChI is InChI=1S/C14H11ClN2S/c15-14-12(5-3-7-16-14)17-8-10-9-18-13-6-2-1-4-11(10)13/h1-7,9,17H,8H2. The summed E-state index contributed by atoms with van der Waals surface area (Å²) in [5, 5.41) is 7.31. The average molecular weight is 275 g/mol. The Kier molecular flexibility index (Phi) is 3.17. The second-order valence-corrected chi connectivity index (χ2v) is 5.22. The first kappa shape index (κ1) is 11.5. The van der Waals surface area contributed by atoms with Crippen molar-refractivity contribution in [2.75, 3.05) is 5.32 Å². The average Bonchev–Trinajstić information content (AvgIpc) is 2.81. The van der Waals surface area contributed by atoms with Gasteiger partial charge >= 0.3 is 0 Å². The van der Waals surface area contributed by atoms with Crippen LogP contribution in [0, 0.1) is 0 Å². The summed E-state index contributed by atoms with van der Waals surface area (Å²) in [6.07, 6.45) is 1.69. The summed E-state index contributed by atoms with van der Waals surface area (Å²) in [6.45, 7) is 0.759. The summed E-state index contributed by atoms with van der Waals surface area (Å²) in [5.74, 6) is 0. The molecular weight excluding hydrogens is 264 g/mol. The zero-order valence-corrected chi connectivity index (χ0v) is 11.1. The highest BCUT2D eigenvalue weighted by Crippen LogP contribution is 2.27. The van der Waals surface area contributed by atoms with E-state index in [1.165, 1.54) is 15.6 Å². The number of nitrogens with zero attached hydrogens (tertiary/aromatic N) is 1. The molecule has 4 heteroatoms. The van der Waals surface area contributed by atoms with E-state index < -0.39 is 0 Å². The molecule has 2 heterocycles. The number of benzene rings is 1. The molecule has 0 radical (unpaired) electrons. The maximum Gasteiger partial charge on any atom is 0.152 e. The van der Waals surface area contributed by atoms with Crippen LogP contribution < -0.4 is 5.32 Å². The molecule has 0 fully saturated rings. The van der Waals surface area contributed by atoms with Crippen molar-refractivity contribution in [3.05, 3.63) is 58.7 Å². The molecule has 1 aromatic carbocycles. The summed E-state index contributed by atoms with van der Waals surface area (Å²) < 4.78 is 1.31. The first-order valence-electron chi connectivity index (χ1n) is 5.64. The molecule has 3 aromatic rings. The Morgan fingerprint density at radius 2 is 2.06 bits per heavy atom. The topological polar surface area (TPSA) is 24.9 Å². The summed E-state index contributed by atoms with van der Waals surface area (Å²) in [7, 11) is 0. The van der Waals surface area contributed by atoms with Crippen LogP contribution in [0.2, 0.25) is 5.15 Å².